The maximum Gasteiger partial charge on any atom is 0.317 e. The lowest BCUT2D eigenvalue weighted by Crippen LogP contribution is -2.48. The monoisotopic (exact) mass is 322 g/mol. The van der Waals surface area contributed by atoms with Crippen LogP contribution in [0.3, 0.4) is 0 Å². The highest BCUT2D eigenvalue weighted by atomic mass is 19.1. The van der Waals surface area contributed by atoms with Gasteiger partial charge in [-0.25, -0.2) is 9.18 Å². The number of amides is 2. The average Bonchev–Trinajstić information content (AvgIpc) is 2.61. The average molecular weight is 322 g/mol. The van der Waals surface area contributed by atoms with E-state index in [0.717, 1.165) is 31.6 Å². The van der Waals surface area contributed by atoms with Crippen LogP contribution < -0.4 is 5.32 Å². The van der Waals surface area contributed by atoms with Gasteiger partial charge in [0.1, 0.15) is 11.9 Å². The van der Waals surface area contributed by atoms with Gasteiger partial charge in [-0.05, 0) is 36.5 Å². The normalized spacial score (nSPS) is 22.8. The molecule has 2 fully saturated rings. The van der Waals surface area contributed by atoms with Gasteiger partial charge >= 0.3 is 6.03 Å². The topological polar surface area (TPSA) is 50.8 Å². The summed E-state index contributed by atoms with van der Waals surface area (Å²) in [5.74, 6) is 0.208. The molecule has 23 heavy (non-hydrogen) atoms. The maximum atomic E-state index is 13.3. The van der Waals surface area contributed by atoms with Crippen LogP contribution in [0.15, 0.2) is 24.3 Å². The summed E-state index contributed by atoms with van der Waals surface area (Å²) in [6.45, 7) is 3.71. The van der Waals surface area contributed by atoms with Crippen molar-refractivity contribution in [3.63, 3.8) is 0 Å². The third kappa shape index (κ3) is 4.42. The second-order valence-electron chi connectivity index (χ2n) is 6.10. The smallest absolute Gasteiger partial charge is 0.317 e. The molecule has 0 saturated carbocycles. The molecule has 0 aliphatic carbocycles. The molecule has 0 spiro atoms. The number of morpholine rings is 1. The van der Waals surface area contributed by atoms with Crippen LogP contribution in [0.1, 0.15) is 24.5 Å². The number of carbonyl (C=O) groups is 1. The molecule has 2 heterocycles. The summed E-state index contributed by atoms with van der Waals surface area (Å²) in [5, 5.41) is 3.01. The Bertz CT molecular complexity index is 534. The van der Waals surface area contributed by atoms with E-state index < -0.39 is 0 Å². The van der Waals surface area contributed by atoms with Crippen molar-refractivity contribution in [1.82, 2.24) is 10.2 Å². The van der Waals surface area contributed by atoms with E-state index in [2.05, 4.69) is 5.32 Å². The van der Waals surface area contributed by atoms with Gasteiger partial charge in [-0.1, -0.05) is 12.1 Å². The van der Waals surface area contributed by atoms with E-state index in [1.807, 2.05) is 6.07 Å². The van der Waals surface area contributed by atoms with Crippen LogP contribution in [-0.4, -0.2) is 50.4 Å². The van der Waals surface area contributed by atoms with Crippen LogP contribution in [0.25, 0.3) is 0 Å². The van der Waals surface area contributed by atoms with Crippen molar-refractivity contribution in [2.45, 2.75) is 18.9 Å². The molecule has 126 valence electrons. The fourth-order valence-electron chi connectivity index (χ4n) is 3.04. The SMILES string of the molecule is O=C(NCC1CCOCC1)N1CCOC(c2cccc(F)c2)C1. The van der Waals surface area contributed by atoms with Crippen LogP contribution in [0.4, 0.5) is 9.18 Å². The Balaban J connectivity index is 1.52. The van der Waals surface area contributed by atoms with Gasteiger partial charge < -0.3 is 19.7 Å². The van der Waals surface area contributed by atoms with Crippen LogP contribution >= 0.6 is 0 Å². The lowest BCUT2D eigenvalue weighted by atomic mass is 10.0. The Morgan fingerprint density at radius 2 is 2.13 bits per heavy atom. The van der Waals surface area contributed by atoms with Crippen molar-refractivity contribution in [2.24, 2.45) is 5.92 Å². The highest BCUT2D eigenvalue weighted by Crippen LogP contribution is 2.23. The van der Waals surface area contributed by atoms with Crippen LogP contribution in [0.2, 0.25) is 0 Å². The minimum atomic E-state index is -0.285. The highest BCUT2D eigenvalue weighted by Gasteiger charge is 2.26. The number of nitrogens with one attached hydrogen (secondary N) is 1. The maximum absolute atomic E-state index is 13.3. The Morgan fingerprint density at radius 3 is 2.91 bits per heavy atom. The Labute approximate surface area is 135 Å². The summed E-state index contributed by atoms with van der Waals surface area (Å²) in [5.41, 5.74) is 0.770. The van der Waals surface area contributed by atoms with Crippen LogP contribution in [0.5, 0.6) is 0 Å². The Kier molecular flexibility index (Phi) is 5.46. The number of urea groups is 1. The fourth-order valence-corrected chi connectivity index (χ4v) is 3.04. The van der Waals surface area contributed by atoms with Gasteiger partial charge in [0.2, 0.25) is 0 Å². The predicted molar refractivity (Wildman–Crippen MR) is 83.6 cm³/mol. The molecule has 1 atom stereocenters. The number of halogens is 1. The van der Waals surface area contributed by atoms with E-state index in [1.165, 1.54) is 12.1 Å². The molecule has 1 aromatic carbocycles. The van der Waals surface area contributed by atoms with Crippen molar-refractivity contribution in [3.05, 3.63) is 35.6 Å². The summed E-state index contributed by atoms with van der Waals surface area (Å²) in [4.78, 5) is 14.1. The first kappa shape index (κ1) is 16.2. The summed E-state index contributed by atoms with van der Waals surface area (Å²) in [6.07, 6.45) is 1.72. The zero-order valence-corrected chi connectivity index (χ0v) is 13.2. The molecule has 1 unspecified atom stereocenters. The third-order valence-electron chi connectivity index (χ3n) is 4.46. The molecule has 6 heteroatoms. The summed E-state index contributed by atoms with van der Waals surface area (Å²) < 4.78 is 24.4. The van der Waals surface area contributed by atoms with Crippen molar-refractivity contribution in [2.75, 3.05) is 39.5 Å². The number of hydrogen-bond donors (Lipinski definition) is 1. The number of hydrogen-bond acceptors (Lipinski definition) is 3. The molecular weight excluding hydrogens is 299 g/mol. The number of carbonyl (C=O) groups excluding carboxylic acids is 1. The molecule has 5 nitrogen and oxygen atoms in total. The zero-order chi connectivity index (χ0) is 16.1. The summed E-state index contributed by atoms with van der Waals surface area (Å²) >= 11 is 0. The minimum absolute atomic E-state index is 0.0683. The van der Waals surface area contributed by atoms with Gasteiger partial charge in [-0.3, -0.25) is 0 Å². The van der Waals surface area contributed by atoms with E-state index in [0.29, 0.717) is 32.2 Å². The molecule has 1 N–H and O–H groups in total. The molecule has 0 radical (unpaired) electrons. The number of rotatable bonds is 3. The van der Waals surface area contributed by atoms with Gasteiger partial charge in [0.25, 0.3) is 0 Å². The van der Waals surface area contributed by atoms with Crippen molar-refractivity contribution >= 4 is 6.03 Å². The first-order chi connectivity index (χ1) is 11.2. The molecule has 2 saturated heterocycles. The van der Waals surface area contributed by atoms with E-state index in [-0.39, 0.29) is 18.0 Å². The van der Waals surface area contributed by atoms with Gasteiger partial charge in [-0.2, -0.15) is 0 Å². The molecule has 2 aliphatic rings. The van der Waals surface area contributed by atoms with E-state index in [4.69, 9.17) is 9.47 Å². The standard InChI is InChI=1S/C17H23FN2O3/c18-15-3-1-2-14(10-15)16-12-20(6-9-23-16)17(21)19-11-13-4-7-22-8-5-13/h1-3,10,13,16H,4-9,11-12H2,(H,19,21). The Hall–Kier alpha value is -1.66. The quantitative estimate of drug-likeness (QED) is 0.929. The predicted octanol–water partition coefficient (Wildman–Crippen LogP) is 2.34. The Morgan fingerprint density at radius 1 is 1.30 bits per heavy atom. The second-order valence-corrected chi connectivity index (χ2v) is 6.10. The molecule has 3 rings (SSSR count). The molecule has 1 aromatic rings. The van der Waals surface area contributed by atoms with Crippen LogP contribution in [-0.2, 0) is 9.47 Å². The van der Waals surface area contributed by atoms with Crippen molar-refractivity contribution in [1.29, 1.82) is 0 Å². The molecule has 0 aromatic heterocycles. The summed E-state index contributed by atoms with van der Waals surface area (Å²) in [6, 6.07) is 6.30. The van der Waals surface area contributed by atoms with Gasteiger partial charge in [0.15, 0.2) is 0 Å². The molecular formula is C17H23FN2O3. The van der Waals surface area contributed by atoms with Crippen molar-refractivity contribution in [3.8, 4) is 0 Å². The number of nitrogens with zero attached hydrogens (tertiary/aromatic N) is 1. The largest absolute Gasteiger partial charge is 0.381 e. The lowest BCUT2D eigenvalue weighted by molar-refractivity contribution is -0.0158. The van der Waals surface area contributed by atoms with E-state index >= 15 is 0 Å². The third-order valence-corrected chi connectivity index (χ3v) is 4.46. The number of benzene rings is 1. The van der Waals surface area contributed by atoms with Gasteiger partial charge in [0.05, 0.1) is 13.2 Å². The first-order valence-corrected chi connectivity index (χ1v) is 8.20. The zero-order valence-electron chi connectivity index (χ0n) is 13.2. The van der Waals surface area contributed by atoms with Gasteiger partial charge in [-0.15, -0.1) is 0 Å². The minimum Gasteiger partial charge on any atom is -0.381 e. The highest BCUT2D eigenvalue weighted by molar-refractivity contribution is 5.74. The van der Waals surface area contributed by atoms with E-state index in [1.54, 1.807) is 11.0 Å². The van der Waals surface area contributed by atoms with Crippen LogP contribution in [0, 0.1) is 11.7 Å². The number of ether oxygens (including phenoxy) is 2. The summed E-state index contributed by atoms with van der Waals surface area (Å²) in [7, 11) is 0. The first-order valence-electron chi connectivity index (χ1n) is 8.20. The lowest BCUT2D eigenvalue weighted by Gasteiger charge is -2.33. The second kappa shape index (κ2) is 7.75. The van der Waals surface area contributed by atoms with Crippen molar-refractivity contribution < 1.29 is 18.7 Å². The van der Waals surface area contributed by atoms with Gasteiger partial charge in [0, 0.05) is 26.3 Å². The van der Waals surface area contributed by atoms with E-state index in [9.17, 15) is 9.18 Å². The molecule has 0 bridgehead atoms. The fraction of sp³-hybridized carbons (Fsp3) is 0.588. The molecule has 2 amide bonds. The molecule has 2 aliphatic heterocycles.